The van der Waals surface area contributed by atoms with Gasteiger partial charge in [0, 0.05) is 36.4 Å². The number of anilines is 1. The number of carbonyl (C=O) groups is 1. The van der Waals surface area contributed by atoms with Gasteiger partial charge in [-0.1, -0.05) is 42.6 Å². The molecule has 0 unspecified atom stereocenters. The summed E-state index contributed by atoms with van der Waals surface area (Å²) in [7, 11) is 1.93. The zero-order valence-corrected chi connectivity index (χ0v) is 15.9. The minimum absolute atomic E-state index is 0.224. The fourth-order valence-corrected chi connectivity index (χ4v) is 2.78. The van der Waals surface area contributed by atoms with Gasteiger partial charge in [0.25, 0.3) is 5.91 Å². The highest BCUT2D eigenvalue weighted by Crippen LogP contribution is 2.21. The maximum Gasteiger partial charge on any atom is 0.270 e. The van der Waals surface area contributed by atoms with Gasteiger partial charge in [0.2, 0.25) is 5.95 Å². The lowest BCUT2D eigenvalue weighted by atomic mass is 10.1. The Morgan fingerprint density at radius 2 is 2.08 bits per heavy atom. The molecule has 0 bridgehead atoms. The second-order valence-electron chi connectivity index (χ2n) is 5.76. The minimum Gasteiger partial charge on any atom is -0.350 e. The second-order valence-corrected chi connectivity index (χ2v) is 6.60. The predicted molar refractivity (Wildman–Crippen MR) is 103 cm³/mol. The molecule has 1 aromatic heterocycles. The third-order valence-corrected chi connectivity index (χ3v) is 4.35. The average molecular weight is 381 g/mol. The van der Waals surface area contributed by atoms with Crippen molar-refractivity contribution >= 4 is 35.1 Å². The molecule has 0 atom stereocenters. The summed E-state index contributed by atoms with van der Waals surface area (Å²) in [5, 5.41) is 4.06. The first kappa shape index (κ1) is 19.5. The molecule has 0 aliphatic rings. The Kier molecular flexibility index (Phi) is 7.47. The summed E-state index contributed by atoms with van der Waals surface area (Å²) in [6.07, 6.45) is 4.38. The van der Waals surface area contributed by atoms with Crippen LogP contribution in [0.25, 0.3) is 0 Å². The first-order valence-corrected chi connectivity index (χ1v) is 9.03. The van der Waals surface area contributed by atoms with Crippen molar-refractivity contribution in [3.63, 3.8) is 0 Å². The number of nitrogens with one attached hydrogen (secondary N) is 1. The highest BCUT2D eigenvalue weighted by atomic mass is 35.5. The fourth-order valence-electron chi connectivity index (χ4n) is 2.28. The van der Waals surface area contributed by atoms with Crippen LogP contribution in [-0.4, -0.2) is 36.0 Å². The van der Waals surface area contributed by atoms with Crippen molar-refractivity contribution in [2.45, 2.75) is 26.2 Å². The Hall–Kier alpha value is -1.85. The highest BCUT2D eigenvalue weighted by Gasteiger charge is 2.11. The van der Waals surface area contributed by atoms with E-state index in [1.807, 2.05) is 18.0 Å². The third kappa shape index (κ3) is 5.87. The minimum atomic E-state index is -0.224. The van der Waals surface area contributed by atoms with Crippen LogP contribution in [0.15, 0.2) is 30.5 Å². The van der Waals surface area contributed by atoms with E-state index in [4.69, 9.17) is 23.2 Å². The molecule has 0 spiro atoms. The first-order chi connectivity index (χ1) is 12.0. The van der Waals surface area contributed by atoms with Crippen LogP contribution in [-0.2, 0) is 6.42 Å². The zero-order valence-electron chi connectivity index (χ0n) is 14.4. The summed E-state index contributed by atoms with van der Waals surface area (Å²) in [5.41, 5.74) is 1.30. The molecule has 0 aliphatic heterocycles. The van der Waals surface area contributed by atoms with E-state index in [0.29, 0.717) is 34.7 Å². The molecule has 0 radical (unpaired) electrons. The van der Waals surface area contributed by atoms with Crippen LogP contribution < -0.4 is 10.2 Å². The molecule has 0 fully saturated rings. The van der Waals surface area contributed by atoms with Crippen LogP contribution in [0.1, 0.15) is 35.8 Å². The van der Waals surface area contributed by atoms with Gasteiger partial charge in [0.1, 0.15) is 5.69 Å². The maximum absolute atomic E-state index is 12.3. The summed E-state index contributed by atoms with van der Waals surface area (Å²) < 4.78 is 0. The SMILES string of the molecule is CCCCN(C)c1nccc(C(=O)NCCc2ccc(Cl)cc2Cl)n1. The largest absolute Gasteiger partial charge is 0.350 e. The lowest BCUT2D eigenvalue weighted by Crippen LogP contribution is -2.28. The summed E-state index contributed by atoms with van der Waals surface area (Å²) in [6, 6.07) is 6.96. The van der Waals surface area contributed by atoms with Crippen LogP contribution >= 0.6 is 23.2 Å². The number of aromatic nitrogens is 2. The van der Waals surface area contributed by atoms with Crippen LogP contribution in [0, 0.1) is 0 Å². The second kappa shape index (κ2) is 9.59. The van der Waals surface area contributed by atoms with Crippen molar-refractivity contribution < 1.29 is 4.79 Å². The van der Waals surface area contributed by atoms with Crippen molar-refractivity contribution in [2.24, 2.45) is 0 Å². The molecule has 0 saturated carbocycles. The van der Waals surface area contributed by atoms with Crippen molar-refractivity contribution in [2.75, 3.05) is 25.0 Å². The van der Waals surface area contributed by atoms with Gasteiger partial charge in [-0.3, -0.25) is 4.79 Å². The molecule has 0 saturated heterocycles. The summed E-state index contributed by atoms with van der Waals surface area (Å²) in [4.78, 5) is 22.8. The Morgan fingerprint density at radius 1 is 1.28 bits per heavy atom. The quantitative estimate of drug-likeness (QED) is 0.751. The molecule has 25 heavy (non-hydrogen) atoms. The molecule has 2 aromatic rings. The molecule has 134 valence electrons. The molecule has 5 nitrogen and oxygen atoms in total. The lowest BCUT2D eigenvalue weighted by Gasteiger charge is -2.16. The van der Waals surface area contributed by atoms with Crippen LogP contribution in [0.4, 0.5) is 5.95 Å². The Balaban J connectivity index is 1.92. The predicted octanol–water partition coefficient (Wildman–Crippen LogP) is 3.99. The van der Waals surface area contributed by atoms with Gasteiger partial charge in [-0.05, 0) is 36.6 Å². The molecule has 1 amide bonds. The van der Waals surface area contributed by atoms with E-state index in [-0.39, 0.29) is 5.91 Å². The maximum atomic E-state index is 12.3. The van der Waals surface area contributed by atoms with Crippen LogP contribution in [0.2, 0.25) is 10.0 Å². The van der Waals surface area contributed by atoms with Gasteiger partial charge in [0.05, 0.1) is 0 Å². The van der Waals surface area contributed by atoms with Gasteiger partial charge in [-0.2, -0.15) is 0 Å². The number of rotatable bonds is 8. The highest BCUT2D eigenvalue weighted by molar-refractivity contribution is 6.35. The van der Waals surface area contributed by atoms with Gasteiger partial charge >= 0.3 is 0 Å². The van der Waals surface area contributed by atoms with Gasteiger partial charge in [-0.15, -0.1) is 0 Å². The number of benzene rings is 1. The fraction of sp³-hybridized carbons (Fsp3) is 0.389. The molecular formula is C18H22Cl2N4O. The van der Waals surface area contributed by atoms with E-state index in [9.17, 15) is 4.79 Å². The van der Waals surface area contributed by atoms with Crippen molar-refractivity contribution in [3.8, 4) is 0 Å². The number of amides is 1. The molecule has 0 aliphatic carbocycles. The standard InChI is InChI=1S/C18H22Cl2N4O/c1-3-4-11-24(2)18-22-10-8-16(23-18)17(25)21-9-7-13-5-6-14(19)12-15(13)20/h5-6,8,10,12H,3-4,7,9,11H2,1-2H3,(H,21,25). The molecule has 1 heterocycles. The van der Waals surface area contributed by atoms with Crippen LogP contribution in [0.3, 0.4) is 0 Å². The third-order valence-electron chi connectivity index (χ3n) is 3.76. The van der Waals surface area contributed by atoms with E-state index in [1.54, 1.807) is 24.4 Å². The van der Waals surface area contributed by atoms with Crippen molar-refractivity contribution in [1.82, 2.24) is 15.3 Å². The monoisotopic (exact) mass is 380 g/mol. The molecule has 7 heteroatoms. The molecule has 1 N–H and O–H groups in total. The number of hydrogen-bond acceptors (Lipinski definition) is 4. The number of halogens is 2. The van der Waals surface area contributed by atoms with E-state index < -0.39 is 0 Å². The zero-order chi connectivity index (χ0) is 18.2. The summed E-state index contributed by atoms with van der Waals surface area (Å²) in [5.74, 6) is 0.333. The summed E-state index contributed by atoms with van der Waals surface area (Å²) >= 11 is 12.0. The number of unbranched alkanes of at least 4 members (excludes halogenated alkanes) is 1. The smallest absolute Gasteiger partial charge is 0.270 e. The normalized spacial score (nSPS) is 10.6. The van der Waals surface area contributed by atoms with Crippen LogP contribution in [0.5, 0.6) is 0 Å². The number of nitrogens with zero attached hydrogens (tertiary/aromatic N) is 3. The van der Waals surface area contributed by atoms with Crippen molar-refractivity contribution in [3.05, 3.63) is 51.8 Å². The summed E-state index contributed by atoms with van der Waals surface area (Å²) in [6.45, 7) is 3.45. The Bertz CT molecular complexity index is 724. The first-order valence-electron chi connectivity index (χ1n) is 8.27. The van der Waals surface area contributed by atoms with E-state index in [1.165, 1.54) is 0 Å². The topological polar surface area (TPSA) is 58.1 Å². The van der Waals surface area contributed by atoms with Gasteiger partial charge in [0.15, 0.2) is 0 Å². The van der Waals surface area contributed by atoms with E-state index >= 15 is 0 Å². The molecule has 1 aromatic carbocycles. The molecular weight excluding hydrogens is 359 g/mol. The van der Waals surface area contributed by atoms with E-state index in [2.05, 4.69) is 22.2 Å². The number of carbonyl (C=O) groups excluding carboxylic acids is 1. The lowest BCUT2D eigenvalue weighted by molar-refractivity contribution is 0.0949. The van der Waals surface area contributed by atoms with Gasteiger partial charge < -0.3 is 10.2 Å². The molecule has 2 rings (SSSR count). The van der Waals surface area contributed by atoms with Gasteiger partial charge in [-0.25, -0.2) is 9.97 Å². The average Bonchev–Trinajstić information content (AvgIpc) is 2.61. The Morgan fingerprint density at radius 3 is 2.80 bits per heavy atom. The van der Waals surface area contributed by atoms with E-state index in [0.717, 1.165) is 24.9 Å². The number of hydrogen-bond donors (Lipinski definition) is 1. The Labute approximate surface area is 158 Å². The van der Waals surface area contributed by atoms with Crippen molar-refractivity contribution in [1.29, 1.82) is 0 Å².